The maximum absolute atomic E-state index is 4.34. The van der Waals surface area contributed by atoms with Crippen LogP contribution < -0.4 is 5.32 Å². The highest BCUT2D eigenvalue weighted by Crippen LogP contribution is 2.10. The van der Waals surface area contributed by atoms with Crippen LogP contribution in [-0.2, 0) is 0 Å². The highest BCUT2D eigenvalue weighted by molar-refractivity contribution is 5.24. The third-order valence-electron chi connectivity index (χ3n) is 3.17. The normalized spacial score (nSPS) is 18.2. The molecule has 0 bridgehead atoms. The van der Waals surface area contributed by atoms with Crippen LogP contribution in [-0.4, -0.2) is 41.0 Å². The van der Waals surface area contributed by atoms with Gasteiger partial charge in [0, 0.05) is 25.0 Å². The Hall–Kier alpha value is -1.16. The van der Waals surface area contributed by atoms with E-state index in [4.69, 9.17) is 0 Å². The van der Waals surface area contributed by atoms with Crippen molar-refractivity contribution in [2.45, 2.75) is 26.7 Å². The van der Waals surface area contributed by atoms with Crippen molar-refractivity contribution >= 4 is 5.95 Å². The lowest BCUT2D eigenvalue weighted by Crippen LogP contribution is -2.29. The van der Waals surface area contributed by atoms with E-state index in [0.717, 1.165) is 18.2 Å². The molecule has 2 rings (SSSR count). The van der Waals surface area contributed by atoms with E-state index in [1.54, 1.807) is 6.20 Å². The van der Waals surface area contributed by atoms with E-state index in [1.165, 1.54) is 32.5 Å². The van der Waals surface area contributed by atoms with Gasteiger partial charge in [-0.05, 0) is 44.8 Å². The van der Waals surface area contributed by atoms with Crippen LogP contribution in [0.3, 0.4) is 0 Å². The lowest BCUT2D eigenvalue weighted by atomic mass is 10.1. The first-order valence-corrected chi connectivity index (χ1v) is 6.50. The number of likely N-dealkylation sites (tertiary alicyclic amines) is 1. The summed E-state index contributed by atoms with van der Waals surface area (Å²) in [4.78, 5) is 11.1. The lowest BCUT2D eigenvalue weighted by Gasteiger charge is -2.20. The summed E-state index contributed by atoms with van der Waals surface area (Å²) in [5, 5.41) is 3.31. The van der Waals surface area contributed by atoms with Gasteiger partial charge in [0.05, 0.1) is 0 Å². The van der Waals surface area contributed by atoms with Crippen molar-refractivity contribution in [1.29, 1.82) is 0 Å². The van der Waals surface area contributed by atoms with E-state index in [0.29, 0.717) is 5.92 Å². The van der Waals surface area contributed by atoms with Crippen LogP contribution in [0.4, 0.5) is 5.95 Å². The highest BCUT2D eigenvalue weighted by atomic mass is 15.1. The number of anilines is 1. The Balaban J connectivity index is 1.73. The number of aromatic nitrogens is 2. The zero-order valence-corrected chi connectivity index (χ0v) is 10.8. The smallest absolute Gasteiger partial charge is 0.222 e. The summed E-state index contributed by atoms with van der Waals surface area (Å²) in [6.45, 7) is 8.93. The number of nitrogens with zero attached hydrogens (tertiary/aromatic N) is 3. The minimum Gasteiger partial charge on any atom is -0.354 e. The summed E-state index contributed by atoms with van der Waals surface area (Å²) < 4.78 is 0. The topological polar surface area (TPSA) is 41.1 Å². The summed E-state index contributed by atoms with van der Waals surface area (Å²) in [5.41, 5.74) is 1.01. The summed E-state index contributed by atoms with van der Waals surface area (Å²) >= 11 is 0. The highest BCUT2D eigenvalue weighted by Gasteiger charge is 2.14. The van der Waals surface area contributed by atoms with Gasteiger partial charge in [-0.3, -0.25) is 0 Å². The van der Waals surface area contributed by atoms with Crippen LogP contribution in [0.25, 0.3) is 0 Å². The van der Waals surface area contributed by atoms with E-state index in [1.807, 2.05) is 13.0 Å². The average molecular weight is 234 g/mol. The van der Waals surface area contributed by atoms with Crippen LogP contribution in [0.5, 0.6) is 0 Å². The molecular weight excluding hydrogens is 212 g/mol. The molecule has 1 atom stereocenters. The quantitative estimate of drug-likeness (QED) is 0.845. The fraction of sp³-hybridized carbons (Fsp3) is 0.692. The fourth-order valence-corrected chi connectivity index (χ4v) is 2.27. The van der Waals surface area contributed by atoms with Crippen LogP contribution in [0, 0.1) is 12.8 Å². The predicted molar refractivity (Wildman–Crippen MR) is 70.1 cm³/mol. The SMILES string of the molecule is Cc1ccnc(NCC(C)CN2CCCC2)n1. The number of nitrogens with one attached hydrogen (secondary N) is 1. The van der Waals surface area contributed by atoms with Crippen molar-refractivity contribution in [1.82, 2.24) is 14.9 Å². The fourth-order valence-electron chi connectivity index (χ4n) is 2.27. The first-order chi connectivity index (χ1) is 8.24. The number of aryl methyl sites for hydroxylation is 1. The van der Waals surface area contributed by atoms with Gasteiger partial charge >= 0.3 is 0 Å². The Morgan fingerprint density at radius 2 is 2.18 bits per heavy atom. The zero-order chi connectivity index (χ0) is 12.1. The molecule has 0 aliphatic carbocycles. The molecule has 1 fully saturated rings. The van der Waals surface area contributed by atoms with Gasteiger partial charge < -0.3 is 10.2 Å². The summed E-state index contributed by atoms with van der Waals surface area (Å²) in [6.07, 6.45) is 4.53. The molecule has 0 saturated carbocycles. The minimum absolute atomic E-state index is 0.636. The van der Waals surface area contributed by atoms with E-state index in [9.17, 15) is 0 Å². The van der Waals surface area contributed by atoms with E-state index in [2.05, 4.69) is 27.1 Å². The van der Waals surface area contributed by atoms with Crippen molar-refractivity contribution < 1.29 is 0 Å². The van der Waals surface area contributed by atoms with Gasteiger partial charge in [0.15, 0.2) is 0 Å². The molecule has 2 heterocycles. The molecule has 0 aromatic carbocycles. The number of hydrogen-bond acceptors (Lipinski definition) is 4. The Morgan fingerprint density at radius 3 is 2.88 bits per heavy atom. The first-order valence-electron chi connectivity index (χ1n) is 6.50. The van der Waals surface area contributed by atoms with E-state index in [-0.39, 0.29) is 0 Å². The number of rotatable bonds is 5. The molecular formula is C13H22N4. The van der Waals surface area contributed by atoms with Gasteiger partial charge in [-0.15, -0.1) is 0 Å². The van der Waals surface area contributed by atoms with E-state index >= 15 is 0 Å². The Morgan fingerprint density at radius 1 is 1.41 bits per heavy atom. The molecule has 1 aliphatic heterocycles. The molecule has 0 spiro atoms. The number of hydrogen-bond donors (Lipinski definition) is 1. The largest absolute Gasteiger partial charge is 0.354 e. The van der Waals surface area contributed by atoms with Crippen LogP contribution >= 0.6 is 0 Å². The third-order valence-corrected chi connectivity index (χ3v) is 3.17. The second-order valence-electron chi connectivity index (χ2n) is 5.02. The van der Waals surface area contributed by atoms with Crippen molar-refractivity contribution in [3.05, 3.63) is 18.0 Å². The van der Waals surface area contributed by atoms with Gasteiger partial charge in [0.25, 0.3) is 0 Å². The standard InChI is InChI=1S/C13H22N4/c1-11(10-17-7-3-4-8-17)9-15-13-14-6-5-12(2)16-13/h5-6,11H,3-4,7-10H2,1-2H3,(H,14,15,16). The van der Waals surface area contributed by atoms with Gasteiger partial charge in [-0.2, -0.15) is 0 Å². The second kappa shape index (κ2) is 5.96. The third kappa shape index (κ3) is 3.97. The van der Waals surface area contributed by atoms with Crippen molar-refractivity contribution in [2.75, 3.05) is 31.5 Å². The molecule has 94 valence electrons. The summed E-state index contributed by atoms with van der Waals surface area (Å²) in [7, 11) is 0. The maximum Gasteiger partial charge on any atom is 0.222 e. The van der Waals surface area contributed by atoms with Gasteiger partial charge in [0.1, 0.15) is 0 Å². The average Bonchev–Trinajstić information content (AvgIpc) is 2.79. The maximum atomic E-state index is 4.34. The predicted octanol–water partition coefficient (Wildman–Crippen LogP) is 1.93. The van der Waals surface area contributed by atoms with Crippen LogP contribution in [0.2, 0.25) is 0 Å². The van der Waals surface area contributed by atoms with Gasteiger partial charge in [-0.25, -0.2) is 9.97 Å². The van der Waals surface area contributed by atoms with Gasteiger partial charge in [-0.1, -0.05) is 6.92 Å². The summed E-state index contributed by atoms with van der Waals surface area (Å²) in [6, 6.07) is 1.92. The van der Waals surface area contributed by atoms with Crippen molar-refractivity contribution in [2.24, 2.45) is 5.92 Å². The van der Waals surface area contributed by atoms with Gasteiger partial charge in [0.2, 0.25) is 5.95 Å². The molecule has 1 aromatic rings. The molecule has 0 amide bonds. The Bertz CT molecular complexity index is 347. The molecule has 0 radical (unpaired) electrons. The molecule has 1 unspecified atom stereocenters. The molecule has 4 nitrogen and oxygen atoms in total. The minimum atomic E-state index is 0.636. The van der Waals surface area contributed by atoms with Crippen LogP contribution in [0.15, 0.2) is 12.3 Å². The van der Waals surface area contributed by atoms with E-state index < -0.39 is 0 Å². The first kappa shape index (κ1) is 12.3. The van der Waals surface area contributed by atoms with Crippen molar-refractivity contribution in [3.63, 3.8) is 0 Å². The Kier molecular flexibility index (Phi) is 4.31. The second-order valence-corrected chi connectivity index (χ2v) is 5.02. The summed E-state index contributed by atoms with van der Waals surface area (Å²) in [5.74, 6) is 1.38. The molecule has 1 aliphatic rings. The van der Waals surface area contributed by atoms with Crippen LogP contribution in [0.1, 0.15) is 25.5 Å². The lowest BCUT2D eigenvalue weighted by molar-refractivity contribution is 0.294. The molecule has 17 heavy (non-hydrogen) atoms. The van der Waals surface area contributed by atoms with Crippen molar-refractivity contribution in [3.8, 4) is 0 Å². The molecule has 4 heteroatoms. The zero-order valence-electron chi connectivity index (χ0n) is 10.8. The monoisotopic (exact) mass is 234 g/mol. The Labute approximate surface area is 103 Å². The molecule has 1 saturated heterocycles. The molecule has 1 aromatic heterocycles. The molecule has 1 N–H and O–H groups in total.